The van der Waals surface area contributed by atoms with Gasteiger partial charge < -0.3 is 9.42 Å². The predicted octanol–water partition coefficient (Wildman–Crippen LogP) is 2.57. The fourth-order valence-corrected chi connectivity index (χ4v) is 3.35. The van der Waals surface area contributed by atoms with Crippen LogP contribution in [-0.4, -0.2) is 49.0 Å². The van der Waals surface area contributed by atoms with Crippen LogP contribution in [0.25, 0.3) is 11.6 Å². The third kappa shape index (κ3) is 3.04. The Morgan fingerprint density at radius 1 is 1.18 bits per heavy atom. The van der Waals surface area contributed by atoms with Crippen LogP contribution in [0.15, 0.2) is 28.9 Å². The number of aromatic nitrogens is 5. The second kappa shape index (κ2) is 6.47. The van der Waals surface area contributed by atoms with E-state index in [4.69, 9.17) is 4.52 Å². The van der Waals surface area contributed by atoms with Crippen molar-refractivity contribution < 1.29 is 18.1 Å². The van der Waals surface area contributed by atoms with Crippen molar-refractivity contribution in [2.24, 2.45) is 0 Å². The highest BCUT2D eigenvalue weighted by molar-refractivity contribution is 5.94. The van der Waals surface area contributed by atoms with Crippen LogP contribution in [0.3, 0.4) is 0 Å². The van der Waals surface area contributed by atoms with Crippen molar-refractivity contribution in [3.05, 3.63) is 47.4 Å². The lowest BCUT2D eigenvalue weighted by Crippen LogP contribution is -2.29. The Kier molecular flexibility index (Phi) is 3.92. The largest absolute Gasteiger partial charge is 0.336 e. The van der Waals surface area contributed by atoms with Gasteiger partial charge in [-0.05, 0) is 37.5 Å². The first kappa shape index (κ1) is 17.0. The molecule has 2 aliphatic rings. The summed E-state index contributed by atoms with van der Waals surface area (Å²) < 4.78 is 33.4. The molecule has 144 valence electrons. The highest BCUT2D eigenvalue weighted by atomic mass is 19.2. The van der Waals surface area contributed by atoms with E-state index in [9.17, 15) is 13.6 Å². The van der Waals surface area contributed by atoms with Gasteiger partial charge in [0.05, 0.1) is 12.2 Å². The molecule has 5 rings (SSSR count). The number of halogens is 2. The molecule has 3 heterocycles. The third-order valence-corrected chi connectivity index (χ3v) is 5.10. The lowest BCUT2D eigenvalue weighted by Gasteiger charge is -2.16. The molecular formula is C18H16F2N6O2. The summed E-state index contributed by atoms with van der Waals surface area (Å²) in [4.78, 5) is 18.5. The average Bonchev–Trinajstić information content (AvgIpc) is 3.12. The van der Waals surface area contributed by atoms with E-state index in [2.05, 4.69) is 20.5 Å². The molecule has 8 nitrogen and oxygen atoms in total. The molecule has 0 unspecified atom stereocenters. The van der Waals surface area contributed by atoms with Crippen LogP contribution in [0.1, 0.15) is 47.4 Å². The summed E-state index contributed by atoms with van der Waals surface area (Å²) in [7, 11) is 0. The number of hydrogen-bond donors (Lipinski definition) is 0. The van der Waals surface area contributed by atoms with Crippen molar-refractivity contribution in [3.8, 4) is 11.6 Å². The molecule has 3 aromatic rings. The second-order valence-corrected chi connectivity index (χ2v) is 7.14. The maximum absolute atomic E-state index is 13.4. The van der Waals surface area contributed by atoms with Crippen LogP contribution in [0.5, 0.6) is 0 Å². The van der Waals surface area contributed by atoms with Crippen LogP contribution in [-0.2, 0) is 0 Å². The summed E-state index contributed by atoms with van der Waals surface area (Å²) in [6, 6.07) is 3.10. The molecule has 1 aromatic carbocycles. The lowest BCUT2D eigenvalue weighted by molar-refractivity contribution is 0.0786. The fourth-order valence-electron chi connectivity index (χ4n) is 3.35. The summed E-state index contributed by atoms with van der Waals surface area (Å²) in [5.74, 6) is -0.926. The smallest absolute Gasteiger partial charge is 0.280 e. The molecule has 0 spiro atoms. The van der Waals surface area contributed by atoms with Gasteiger partial charge >= 0.3 is 0 Å². The zero-order valence-corrected chi connectivity index (χ0v) is 14.8. The van der Waals surface area contributed by atoms with E-state index >= 15 is 0 Å². The SMILES string of the molecule is O=C(c1ccc(F)c(F)c1)N1CC[C@H](n2cc(-c3nc(C4CC4)no3)nn2)C1. The normalized spacial score (nSPS) is 19.4. The minimum absolute atomic E-state index is 0.0682. The molecular weight excluding hydrogens is 370 g/mol. The zero-order valence-electron chi connectivity index (χ0n) is 14.8. The molecule has 1 aliphatic carbocycles. The van der Waals surface area contributed by atoms with E-state index in [0.717, 1.165) is 25.0 Å². The van der Waals surface area contributed by atoms with Gasteiger partial charge in [-0.3, -0.25) is 4.79 Å². The maximum Gasteiger partial charge on any atom is 0.280 e. The van der Waals surface area contributed by atoms with Gasteiger partial charge in [0.2, 0.25) is 0 Å². The minimum atomic E-state index is -1.03. The molecule has 1 saturated carbocycles. The number of likely N-dealkylation sites (tertiary alicyclic amines) is 1. The molecule has 0 radical (unpaired) electrons. The van der Waals surface area contributed by atoms with Gasteiger partial charge in [-0.15, -0.1) is 5.10 Å². The van der Waals surface area contributed by atoms with Crippen molar-refractivity contribution in [1.29, 1.82) is 0 Å². The molecule has 1 aliphatic heterocycles. The Labute approximate surface area is 158 Å². The van der Waals surface area contributed by atoms with Crippen LogP contribution >= 0.6 is 0 Å². The van der Waals surface area contributed by atoms with Gasteiger partial charge in [0.1, 0.15) is 0 Å². The molecule has 0 bridgehead atoms. The number of amides is 1. The number of benzene rings is 1. The number of carbonyl (C=O) groups is 1. The molecule has 2 fully saturated rings. The van der Waals surface area contributed by atoms with Gasteiger partial charge in [-0.2, -0.15) is 4.98 Å². The molecule has 10 heteroatoms. The predicted molar refractivity (Wildman–Crippen MR) is 91.2 cm³/mol. The van der Waals surface area contributed by atoms with Crippen LogP contribution in [0, 0.1) is 11.6 Å². The molecule has 1 saturated heterocycles. The first-order chi connectivity index (χ1) is 13.6. The van der Waals surface area contributed by atoms with Crippen LogP contribution < -0.4 is 0 Å². The van der Waals surface area contributed by atoms with Crippen molar-refractivity contribution >= 4 is 5.91 Å². The van der Waals surface area contributed by atoms with E-state index in [0.29, 0.717) is 42.8 Å². The first-order valence-electron chi connectivity index (χ1n) is 9.08. The van der Waals surface area contributed by atoms with E-state index in [1.165, 1.54) is 6.07 Å². The monoisotopic (exact) mass is 386 g/mol. The van der Waals surface area contributed by atoms with Crippen LogP contribution in [0.4, 0.5) is 8.78 Å². The van der Waals surface area contributed by atoms with E-state index in [-0.39, 0.29) is 17.5 Å². The third-order valence-electron chi connectivity index (χ3n) is 5.10. The van der Waals surface area contributed by atoms with Gasteiger partial charge in [-0.1, -0.05) is 10.4 Å². The van der Waals surface area contributed by atoms with E-state index in [1.807, 2.05) is 0 Å². The van der Waals surface area contributed by atoms with Gasteiger partial charge in [0.25, 0.3) is 11.8 Å². The van der Waals surface area contributed by atoms with E-state index in [1.54, 1.807) is 15.8 Å². The van der Waals surface area contributed by atoms with Crippen molar-refractivity contribution in [3.63, 3.8) is 0 Å². The van der Waals surface area contributed by atoms with Crippen LogP contribution in [0.2, 0.25) is 0 Å². The van der Waals surface area contributed by atoms with Crippen molar-refractivity contribution in [2.75, 3.05) is 13.1 Å². The van der Waals surface area contributed by atoms with Crippen molar-refractivity contribution in [2.45, 2.75) is 31.2 Å². The van der Waals surface area contributed by atoms with Gasteiger partial charge in [-0.25, -0.2) is 13.5 Å². The van der Waals surface area contributed by atoms with Gasteiger partial charge in [0.15, 0.2) is 23.2 Å². The summed E-state index contributed by atoms with van der Waals surface area (Å²) >= 11 is 0. The molecule has 1 amide bonds. The second-order valence-electron chi connectivity index (χ2n) is 7.14. The zero-order chi connectivity index (χ0) is 19.3. The Morgan fingerprint density at radius 3 is 2.82 bits per heavy atom. The standard InChI is InChI=1S/C18H16F2N6O2/c19-13-4-3-11(7-14(13)20)18(27)25-6-5-12(8-25)26-9-15(22-24-26)17-21-16(23-28-17)10-1-2-10/h3-4,7,9-10,12H,1-2,5-6,8H2/t12-/m0/s1. The van der Waals surface area contributed by atoms with E-state index < -0.39 is 11.6 Å². The summed E-state index contributed by atoms with van der Waals surface area (Å²) in [6.07, 6.45) is 4.56. The summed E-state index contributed by atoms with van der Waals surface area (Å²) in [6.45, 7) is 0.891. The molecule has 0 N–H and O–H groups in total. The fraction of sp³-hybridized carbons (Fsp3) is 0.389. The molecule has 28 heavy (non-hydrogen) atoms. The highest BCUT2D eigenvalue weighted by Gasteiger charge is 2.31. The lowest BCUT2D eigenvalue weighted by atomic mass is 10.2. The molecule has 2 aromatic heterocycles. The topological polar surface area (TPSA) is 89.9 Å². The first-order valence-corrected chi connectivity index (χ1v) is 9.08. The molecule has 1 atom stereocenters. The number of hydrogen-bond acceptors (Lipinski definition) is 6. The van der Waals surface area contributed by atoms with Gasteiger partial charge in [0, 0.05) is 24.6 Å². The number of rotatable bonds is 4. The van der Waals surface area contributed by atoms with Crippen molar-refractivity contribution in [1.82, 2.24) is 30.0 Å². The summed E-state index contributed by atoms with van der Waals surface area (Å²) in [5, 5.41) is 12.2. The Morgan fingerprint density at radius 2 is 2.04 bits per heavy atom. The minimum Gasteiger partial charge on any atom is -0.336 e. The Hall–Kier alpha value is -3.17. The Bertz CT molecular complexity index is 1040. The maximum atomic E-state index is 13.4. The quantitative estimate of drug-likeness (QED) is 0.685. The Balaban J connectivity index is 1.28. The number of nitrogens with zero attached hydrogens (tertiary/aromatic N) is 6. The average molecular weight is 386 g/mol. The summed E-state index contributed by atoms with van der Waals surface area (Å²) in [5.41, 5.74) is 0.613. The number of carbonyl (C=O) groups excluding carboxylic acids is 1. The highest BCUT2D eigenvalue weighted by Crippen LogP contribution is 2.38.